The zero-order valence-electron chi connectivity index (χ0n) is 18.0. The number of carbonyl (C=O) groups excluding carboxylic acids is 1. The number of hydrogen-bond acceptors (Lipinski definition) is 4. The molecule has 4 rings (SSSR count). The van der Waals surface area contributed by atoms with Crippen molar-refractivity contribution in [3.63, 3.8) is 0 Å². The third-order valence-corrected chi connectivity index (χ3v) is 4.70. The van der Waals surface area contributed by atoms with Gasteiger partial charge in [-0.2, -0.15) is 4.98 Å². The molecule has 0 spiro atoms. The maximum atomic E-state index is 13.4. The van der Waals surface area contributed by atoms with E-state index in [1.165, 1.54) is 18.2 Å². The van der Waals surface area contributed by atoms with Gasteiger partial charge < -0.3 is 10.1 Å². The van der Waals surface area contributed by atoms with Crippen LogP contribution >= 0.6 is 0 Å². The molecule has 1 heterocycles. The number of nitrogens with one attached hydrogen (secondary N) is 1. The Hall–Kier alpha value is -4.00. The van der Waals surface area contributed by atoms with E-state index in [0.29, 0.717) is 17.5 Å². The number of aromatic nitrogens is 3. The van der Waals surface area contributed by atoms with Crippen LogP contribution in [0.3, 0.4) is 0 Å². The minimum absolute atomic E-state index is 0.0582. The predicted molar refractivity (Wildman–Crippen MR) is 122 cm³/mol. The van der Waals surface area contributed by atoms with Crippen LogP contribution in [0.5, 0.6) is 6.01 Å². The Balaban J connectivity index is 1.62. The maximum absolute atomic E-state index is 13.4. The Bertz CT molecular complexity index is 1230. The SMILES string of the molecule is Cc1ccc(-c2nc(OC(C)C)nn2-c2ccc(NC(=O)c3cccc(F)c3)cc2)cc1. The predicted octanol–water partition coefficient (Wildman–Crippen LogP) is 5.42. The summed E-state index contributed by atoms with van der Waals surface area (Å²) in [7, 11) is 0. The number of nitrogens with zero attached hydrogens (tertiary/aromatic N) is 3. The van der Waals surface area contributed by atoms with E-state index >= 15 is 0 Å². The van der Waals surface area contributed by atoms with Crippen LogP contribution in [0.15, 0.2) is 72.8 Å². The first-order valence-electron chi connectivity index (χ1n) is 10.3. The van der Waals surface area contributed by atoms with Crippen molar-refractivity contribution in [2.45, 2.75) is 26.9 Å². The Morgan fingerprint density at radius 2 is 1.75 bits per heavy atom. The van der Waals surface area contributed by atoms with E-state index in [1.807, 2.05) is 57.2 Å². The first-order valence-corrected chi connectivity index (χ1v) is 10.3. The largest absolute Gasteiger partial charge is 0.460 e. The Kier molecular flexibility index (Phi) is 5.98. The molecule has 0 saturated carbocycles. The molecule has 6 nitrogen and oxygen atoms in total. The molecule has 32 heavy (non-hydrogen) atoms. The van der Waals surface area contributed by atoms with E-state index in [4.69, 9.17) is 4.74 Å². The number of amides is 1. The first-order chi connectivity index (χ1) is 15.4. The summed E-state index contributed by atoms with van der Waals surface area (Å²) in [6.07, 6.45) is -0.0582. The normalized spacial score (nSPS) is 10.9. The lowest BCUT2D eigenvalue weighted by Crippen LogP contribution is -2.12. The first kappa shape index (κ1) is 21.2. The number of hydrogen-bond donors (Lipinski definition) is 1. The van der Waals surface area contributed by atoms with Gasteiger partial charge in [0.05, 0.1) is 11.8 Å². The lowest BCUT2D eigenvalue weighted by molar-refractivity contribution is 0.102. The molecule has 0 aliphatic carbocycles. The highest BCUT2D eigenvalue weighted by Crippen LogP contribution is 2.25. The number of halogens is 1. The second-order valence-electron chi connectivity index (χ2n) is 7.67. The quantitative estimate of drug-likeness (QED) is 0.443. The molecule has 0 aliphatic rings. The lowest BCUT2D eigenvalue weighted by atomic mass is 10.1. The summed E-state index contributed by atoms with van der Waals surface area (Å²) in [6.45, 7) is 5.86. The van der Waals surface area contributed by atoms with Gasteiger partial charge in [-0.15, -0.1) is 5.10 Å². The molecule has 0 aliphatic heterocycles. The summed E-state index contributed by atoms with van der Waals surface area (Å²) >= 11 is 0. The molecule has 0 bridgehead atoms. The van der Waals surface area contributed by atoms with E-state index in [-0.39, 0.29) is 17.6 Å². The minimum Gasteiger partial charge on any atom is -0.460 e. The number of anilines is 1. The number of rotatable bonds is 6. The van der Waals surface area contributed by atoms with Crippen LogP contribution in [0.4, 0.5) is 10.1 Å². The minimum atomic E-state index is -0.456. The zero-order chi connectivity index (χ0) is 22.7. The van der Waals surface area contributed by atoms with E-state index in [9.17, 15) is 9.18 Å². The number of aryl methyl sites for hydroxylation is 1. The van der Waals surface area contributed by atoms with Crippen molar-refractivity contribution in [2.24, 2.45) is 0 Å². The van der Waals surface area contributed by atoms with Gasteiger partial charge in [0.15, 0.2) is 5.82 Å². The van der Waals surface area contributed by atoms with E-state index < -0.39 is 5.82 Å². The van der Waals surface area contributed by atoms with Crippen LogP contribution in [-0.4, -0.2) is 26.8 Å². The number of carbonyl (C=O) groups is 1. The molecular formula is C25H23FN4O2. The van der Waals surface area contributed by atoms with Crippen molar-refractivity contribution in [1.29, 1.82) is 0 Å². The monoisotopic (exact) mass is 430 g/mol. The topological polar surface area (TPSA) is 69.0 Å². The van der Waals surface area contributed by atoms with Gasteiger partial charge in [0.1, 0.15) is 5.82 Å². The Morgan fingerprint density at radius 1 is 1.03 bits per heavy atom. The van der Waals surface area contributed by atoms with E-state index in [0.717, 1.165) is 16.8 Å². The fourth-order valence-electron chi connectivity index (χ4n) is 3.14. The van der Waals surface area contributed by atoms with Crippen LogP contribution in [0.2, 0.25) is 0 Å². The molecule has 4 aromatic rings. The molecule has 0 saturated heterocycles. The summed E-state index contributed by atoms with van der Waals surface area (Å²) in [5.74, 6) is -0.189. The molecule has 162 valence electrons. The smallest absolute Gasteiger partial charge is 0.336 e. The standard InChI is InChI=1S/C25H23FN4O2/c1-16(2)32-25-28-23(18-9-7-17(3)8-10-18)30(29-25)22-13-11-21(12-14-22)27-24(31)19-5-4-6-20(26)15-19/h4-16H,1-3H3,(H,27,31). The average Bonchev–Trinajstić information content (AvgIpc) is 3.17. The van der Waals surface area contributed by atoms with Crippen molar-refractivity contribution in [3.05, 3.63) is 89.7 Å². The Labute approximate surface area is 185 Å². The lowest BCUT2D eigenvalue weighted by Gasteiger charge is -2.09. The number of benzene rings is 3. The molecular weight excluding hydrogens is 407 g/mol. The second-order valence-corrected chi connectivity index (χ2v) is 7.67. The third kappa shape index (κ3) is 4.83. The zero-order valence-corrected chi connectivity index (χ0v) is 18.0. The fraction of sp³-hybridized carbons (Fsp3) is 0.160. The summed E-state index contributed by atoms with van der Waals surface area (Å²) in [6, 6.07) is 21.0. The van der Waals surface area contributed by atoms with Crippen molar-refractivity contribution < 1.29 is 13.9 Å². The van der Waals surface area contributed by atoms with Gasteiger partial charge in [0.2, 0.25) is 0 Å². The van der Waals surface area contributed by atoms with Crippen molar-refractivity contribution in [1.82, 2.24) is 14.8 Å². The van der Waals surface area contributed by atoms with Gasteiger partial charge >= 0.3 is 6.01 Å². The average molecular weight is 430 g/mol. The van der Waals surface area contributed by atoms with Crippen LogP contribution in [-0.2, 0) is 0 Å². The molecule has 1 aromatic heterocycles. The van der Waals surface area contributed by atoms with Gasteiger partial charge in [0.25, 0.3) is 5.91 Å². The van der Waals surface area contributed by atoms with Crippen LogP contribution in [0.25, 0.3) is 17.1 Å². The number of ether oxygens (including phenoxy) is 1. The van der Waals surface area contributed by atoms with Gasteiger partial charge in [-0.25, -0.2) is 9.07 Å². The van der Waals surface area contributed by atoms with Gasteiger partial charge in [-0.3, -0.25) is 4.79 Å². The molecule has 1 N–H and O–H groups in total. The fourth-order valence-corrected chi connectivity index (χ4v) is 3.14. The van der Waals surface area contributed by atoms with Crippen molar-refractivity contribution >= 4 is 11.6 Å². The summed E-state index contributed by atoms with van der Waals surface area (Å²) in [5.41, 5.74) is 3.65. The van der Waals surface area contributed by atoms with Crippen molar-refractivity contribution in [3.8, 4) is 23.1 Å². The molecule has 3 aromatic carbocycles. The molecule has 0 fully saturated rings. The molecule has 0 atom stereocenters. The van der Waals surface area contributed by atoms with Crippen molar-refractivity contribution in [2.75, 3.05) is 5.32 Å². The highest BCUT2D eigenvalue weighted by Gasteiger charge is 2.16. The molecule has 0 unspecified atom stereocenters. The van der Waals surface area contributed by atoms with E-state index in [2.05, 4.69) is 15.4 Å². The van der Waals surface area contributed by atoms with Crippen LogP contribution in [0, 0.1) is 12.7 Å². The molecule has 0 radical (unpaired) electrons. The molecule has 1 amide bonds. The second kappa shape index (κ2) is 9.01. The van der Waals surface area contributed by atoms with Gasteiger partial charge in [-0.1, -0.05) is 35.9 Å². The highest BCUT2D eigenvalue weighted by atomic mass is 19.1. The van der Waals surface area contributed by atoms with Gasteiger partial charge in [0, 0.05) is 16.8 Å². The van der Waals surface area contributed by atoms with Gasteiger partial charge in [-0.05, 0) is 63.2 Å². The van der Waals surface area contributed by atoms with Crippen LogP contribution < -0.4 is 10.1 Å². The summed E-state index contributed by atoms with van der Waals surface area (Å²) in [4.78, 5) is 16.9. The summed E-state index contributed by atoms with van der Waals surface area (Å²) < 4.78 is 20.8. The summed E-state index contributed by atoms with van der Waals surface area (Å²) in [5, 5.41) is 7.29. The van der Waals surface area contributed by atoms with Crippen LogP contribution in [0.1, 0.15) is 29.8 Å². The molecule has 7 heteroatoms. The highest BCUT2D eigenvalue weighted by molar-refractivity contribution is 6.04. The Morgan fingerprint density at radius 3 is 2.41 bits per heavy atom. The van der Waals surface area contributed by atoms with E-state index in [1.54, 1.807) is 22.9 Å². The third-order valence-electron chi connectivity index (χ3n) is 4.70. The maximum Gasteiger partial charge on any atom is 0.336 e.